The molecule has 0 aliphatic rings. The Morgan fingerprint density at radius 3 is 2.70 bits per heavy atom. The molecule has 150 valence electrons. The van der Waals surface area contributed by atoms with Crippen LogP contribution in [0.25, 0.3) is 16.3 Å². The Kier molecular flexibility index (Phi) is 5.81. The molecule has 0 N–H and O–H groups in total. The summed E-state index contributed by atoms with van der Waals surface area (Å²) < 4.78 is 15.8. The molecule has 5 nitrogen and oxygen atoms in total. The van der Waals surface area contributed by atoms with Gasteiger partial charge in [-0.05, 0) is 18.2 Å². The van der Waals surface area contributed by atoms with Gasteiger partial charge in [-0.2, -0.15) is 5.10 Å². The monoisotopic (exact) mass is 418 g/mol. The van der Waals surface area contributed by atoms with Crippen LogP contribution in [-0.4, -0.2) is 32.1 Å². The second kappa shape index (κ2) is 8.84. The summed E-state index contributed by atoms with van der Waals surface area (Å²) in [5.74, 6) is -0.609. The lowest BCUT2D eigenvalue weighted by Gasteiger charge is -2.20. The smallest absolute Gasteiger partial charge is 0.273 e. The van der Waals surface area contributed by atoms with Gasteiger partial charge in [-0.3, -0.25) is 4.79 Å². The summed E-state index contributed by atoms with van der Waals surface area (Å²) in [6.07, 6.45) is 5.22. The Morgan fingerprint density at radius 1 is 1.17 bits per heavy atom. The van der Waals surface area contributed by atoms with E-state index >= 15 is 0 Å². The highest BCUT2D eigenvalue weighted by Gasteiger charge is 2.20. The van der Waals surface area contributed by atoms with Gasteiger partial charge in [0.25, 0.3) is 5.91 Å². The van der Waals surface area contributed by atoms with E-state index in [4.69, 9.17) is 0 Å². The highest BCUT2D eigenvalue weighted by molar-refractivity contribution is 7.13. The topological polar surface area (TPSA) is 51.0 Å². The predicted octanol–water partition coefficient (Wildman–Crippen LogP) is 4.96. The first-order valence-corrected chi connectivity index (χ1v) is 10.2. The number of amides is 1. The number of carbonyl (C=O) groups is 1. The van der Waals surface area contributed by atoms with Crippen LogP contribution in [0.1, 0.15) is 16.1 Å². The first-order valence-electron chi connectivity index (χ1n) is 9.35. The van der Waals surface area contributed by atoms with Crippen molar-refractivity contribution in [2.75, 3.05) is 6.54 Å². The number of aromatic nitrogens is 3. The number of hydrogen-bond donors (Lipinski definition) is 0. The molecule has 1 amide bonds. The molecule has 0 saturated carbocycles. The normalized spacial score (nSPS) is 10.7. The van der Waals surface area contributed by atoms with Crippen molar-refractivity contribution in [3.05, 3.63) is 102 Å². The zero-order valence-corrected chi connectivity index (χ0v) is 16.9. The fraction of sp³-hybridized carbons (Fsp3) is 0.0870. The quantitative estimate of drug-likeness (QED) is 0.399. The van der Waals surface area contributed by atoms with Gasteiger partial charge in [-0.15, -0.1) is 17.9 Å². The zero-order chi connectivity index (χ0) is 20.9. The Balaban J connectivity index is 1.55. The molecule has 0 bridgehead atoms. The summed E-state index contributed by atoms with van der Waals surface area (Å²) >= 11 is 1.37. The highest BCUT2D eigenvalue weighted by Crippen LogP contribution is 2.25. The van der Waals surface area contributed by atoms with Crippen LogP contribution >= 0.6 is 11.3 Å². The van der Waals surface area contributed by atoms with Gasteiger partial charge in [0.05, 0.1) is 11.9 Å². The molecule has 2 aromatic carbocycles. The molecule has 2 aromatic heterocycles. The average molecular weight is 418 g/mol. The zero-order valence-electron chi connectivity index (χ0n) is 16.1. The SMILES string of the molecule is C=CCN(Cc1ccccc1F)C(=O)c1csc(-c2cnn(-c3ccccc3)c2)n1. The Bertz CT molecular complexity index is 1170. The maximum atomic E-state index is 14.0. The van der Waals surface area contributed by atoms with Crippen molar-refractivity contribution in [1.82, 2.24) is 19.7 Å². The number of nitrogens with zero attached hydrogens (tertiary/aromatic N) is 4. The van der Waals surface area contributed by atoms with Crippen LogP contribution in [0.4, 0.5) is 4.39 Å². The van der Waals surface area contributed by atoms with Gasteiger partial charge >= 0.3 is 0 Å². The molecule has 4 aromatic rings. The largest absolute Gasteiger partial charge is 0.329 e. The van der Waals surface area contributed by atoms with Crippen molar-refractivity contribution in [2.24, 2.45) is 0 Å². The third-order valence-electron chi connectivity index (χ3n) is 4.53. The standard InChI is InChI=1S/C23H19FN4OS/c1-2-12-27(14-17-8-6-7-11-20(17)24)23(29)21-16-30-22(26-21)18-13-25-28(15-18)19-9-4-3-5-10-19/h2-11,13,15-16H,1,12,14H2. The molecule has 2 heterocycles. The number of benzene rings is 2. The van der Waals surface area contributed by atoms with Crippen LogP contribution < -0.4 is 0 Å². The molecule has 0 aliphatic carbocycles. The molecule has 0 aliphatic heterocycles. The number of halogens is 1. The summed E-state index contributed by atoms with van der Waals surface area (Å²) in [4.78, 5) is 19.0. The van der Waals surface area contributed by atoms with E-state index < -0.39 is 0 Å². The van der Waals surface area contributed by atoms with Crippen molar-refractivity contribution in [3.8, 4) is 16.3 Å². The van der Waals surface area contributed by atoms with E-state index in [0.717, 1.165) is 11.3 Å². The van der Waals surface area contributed by atoms with Crippen LogP contribution in [0.5, 0.6) is 0 Å². The minimum atomic E-state index is -0.341. The van der Waals surface area contributed by atoms with Gasteiger partial charge in [-0.1, -0.05) is 42.5 Å². The molecule has 0 spiro atoms. The summed E-state index contributed by atoms with van der Waals surface area (Å²) in [7, 11) is 0. The summed E-state index contributed by atoms with van der Waals surface area (Å²) in [6, 6.07) is 16.2. The van der Waals surface area contributed by atoms with Crippen LogP contribution in [0.2, 0.25) is 0 Å². The van der Waals surface area contributed by atoms with Gasteiger partial charge in [0.15, 0.2) is 0 Å². The molecule has 0 atom stereocenters. The number of carbonyl (C=O) groups excluding carboxylic acids is 1. The Morgan fingerprint density at radius 2 is 1.93 bits per heavy atom. The van der Waals surface area contributed by atoms with E-state index in [9.17, 15) is 9.18 Å². The van der Waals surface area contributed by atoms with E-state index in [1.165, 1.54) is 22.3 Å². The number of para-hydroxylation sites is 1. The molecular formula is C23H19FN4OS. The first kappa shape index (κ1) is 19.7. The summed E-state index contributed by atoms with van der Waals surface area (Å²) in [5.41, 5.74) is 2.54. The van der Waals surface area contributed by atoms with E-state index in [1.807, 2.05) is 36.5 Å². The van der Waals surface area contributed by atoms with E-state index in [0.29, 0.717) is 22.8 Å². The van der Waals surface area contributed by atoms with Crippen molar-refractivity contribution >= 4 is 17.2 Å². The molecule has 0 saturated heterocycles. The fourth-order valence-corrected chi connectivity index (χ4v) is 3.80. The van der Waals surface area contributed by atoms with Crippen LogP contribution in [0, 0.1) is 5.82 Å². The average Bonchev–Trinajstić information content (AvgIpc) is 3.45. The molecule has 0 fully saturated rings. The van der Waals surface area contributed by atoms with E-state index in [-0.39, 0.29) is 18.3 Å². The lowest BCUT2D eigenvalue weighted by Crippen LogP contribution is -2.31. The molecule has 30 heavy (non-hydrogen) atoms. The third-order valence-corrected chi connectivity index (χ3v) is 5.42. The summed E-state index contributed by atoms with van der Waals surface area (Å²) in [6.45, 7) is 4.16. The fourth-order valence-electron chi connectivity index (χ4n) is 3.03. The second-order valence-corrected chi connectivity index (χ2v) is 7.47. The lowest BCUT2D eigenvalue weighted by molar-refractivity contribution is 0.0756. The van der Waals surface area contributed by atoms with Crippen molar-refractivity contribution in [1.29, 1.82) is 0 Å². The number of thiazole rings is 1. The van der Waals surface area contributed by atoms with Gasteiger partial charge in [-0.25, -0.2) is 14.1 Å². The number of rotatable bonds is 7. The van der Waals surface area contributed by atoms with Crippen molar-refractivity contribution in [3.63, 3.8) is 0 Å². The molecule has 0 radical (unpaired) electrons. The van der Waals surface area contributed by atoms with Gasteiger partial charge in [0.1, 0.15) is 16.5 Å². The third kappa shape index (κ3) is 4.21. The maximum Gasteiger partial charge on any atom is 0.273 e. The van der Waals surface area contributed by atoms with E-state index in [2.05, 4.69) is 16.7 Å². The predicted molar refractivity (Wildman–Crippen MR) is 116 cm³/mol. The second-order valence-electron chi connectivity index (χ2n) is 6.61. The molecule has 0 unspecified atom stereocenters. The van der Waals surface area contributed by atoms with Gasteiger partial charge in [0.2, 0.25) is 0 Å². The van der Waals surface area contributed by atoms with Crippen molar-refractivity contribution < 1.29 is 9.18 Å². The minimum Gasteiger partial charge on any atom is -0.329 e. The molecule has 7 heteroatoms. The first-order chi connectivity index (χ1) is 14.7. The van der Waals surface area contributed by atoms with E-state index in [1.54, 1.807) is 40.5 Å². The van der Waals surface area contributed by atoms with Crippen molar-refractivity contribution in [2.45, 2.75) is 6.54 Å². The van der Waals surface area contributed by atoms with Crippen LogP contribution in [0.3, 0.4) is 0 Å². The maximum absolute atomic E-state index is 14.0. The molecule has 4 rings (SSSR count). The minimum absolute atomic E-state index is 0.149. The number of hydrogen-bond acceptors (Lipinski definition) is 4. The van der Waals surface area contributed by atoms with Gasteiger partial charge < -0.3 is 4.90 Å². The van der Waals surface area contributed by atoms with Crippen LogP contribution in [-0.2, 0) is 6.54 Å². The molecular weight excluding hydrogens is 399 g/mol. The van der Waals surface area contributed by atoms with Gasteiger partial charge in [0, 0.05) is 35.8 Å². The Labute approximate surface area is 177 Å². The summed E-state index contributed by atoms with van der Waals surface area (Å²) in [5, 5.41) is 6.80. The highest BCUT2D eigenvalue weighted by atomic mass is 32.1. The Hall–Kier alpha value is -3.58. The van der Waals surface area contributed by atoms with Crippen LogP contribution in [0.15, 0.2) is 85.0 Å². The lowest BCUT2D eigenvalue weighted by atomic mass is 10.2.